The fourth-order valence-corrected chi connectivity index (χ4v) is 3.39. The van der Waals surface area contributed by atoms with Crippen molar-refractivity contribution in [1.82, 2.24) is 9.62 Å². The molecule has 5 nitrogen and oxygen atoms in total. The first-order valence-electron chi connectivity index (χ1n) is 8.35. The first kappa shape index (κ1) is 20.4. The van der Waals surface area contributed by atoms with Crippen LogP contribution in [0.1, 0.15) is 17.5 Å². The summed E-state index contributed by atoms with van der Waals surface area (Å²) in [6.07, 6.45) is 1.98. The van der Waals surface area contributed by atoms with Crippen molar-refractivity contribution in [3.05, 3.63) is 70.7 Å². The SMILES string of the molecule is CS(=O)(=O)N(CCC(=O)NCCc1ccc(Cl)cc1)Cc1ccccc1. The number of nitrogens with zero attached hydrogens (tertiary/aromatic N) is 1. The van der Waals surface area contributed by atoms with Gasteiger partial charge < -0.3 is 5.32 Å². The molecule has 0 fully saturated rings. The number of nitrogens with one attached hydrogen (secondary N) is 1. The Kier molecular flexibility index (Phi) is 7.63. The molecule has 1 amide bonds. The Balaban J connectivity index is 1.80. The Bertz CT molecular complexity index is 808. The first-order chi connectivity index (χ1) is 12.3. The van der Waals surface area contributed by atoms with E-state index in [9.17, 15) is 13.2 Å². The number of amides is 1. The van der Waals surface area contributed by atoms with E-state index < -0.39 is 10.0 Å². The van der Waals surface area contributed by atoms with Crippen molar-refractivity contribution >= 4 is 27.5 Å². The van der Waals surface area contributed by atoms with Gasteiger partial charge in [0.05, 0.1) is 6.26 Å². The Morgan fingerprint density at radius 1 is 1.04 bits per heavy atom. The minimum absolute atomic E-state index is 0.126. The van der Waals surface area contributed by atoms with E-state index in [4.69, 9.17) is 11.6 Å². The number of benzene rings is 2. The van der Waals surface area contributed by atoms with E-state index in [-0.39, 0.29) is 25.4 Å². The van der Waals surface area contributed by atoms with Crippen LogP contribution in [0.3, 0.4) is 0 Å². The second kappa shape index (κ2) is 9.71. The maximum absolute atomic E-state index is 12.0. The molecule has 2 rings (SSSR count). The molecule has 1 N–H and O–H groups in total. The summed E-state index contributed by atoms with van der Waals surface area (Å²) in [5.74, 6) is -0.166. The summed E-state index contributed by atoms with van der Waals surface area (Å²) in [5.41, 5.74) is 1.97. The topological polar surface area (TPSA) is 66.5 Å². The van der Waals surface area contributed by atoms with Crippen molar-refractivity contribution in [2.45, 2.75) is 19.4 Å². The van der Waals surface area contributed by atoms with Crippen molar-refractivity contribution in [2.24, 2.45) is 0 Å². The van der Waals surface area contributed by atoms with Gasteiger partial charge >= 0.3 is 0 Å². The van der Waals surface area contributed by atoms with Crippen molar-refractivity contribution in [1.29, 1.82) is 0 Å². The zero-order valence-corrected chi connectivity index (χ0v) is 16.3. The van der Waals surface area contributed by atoms with Gasteiger partial charge in [-0.25, -0.2) is 8.42 Å². The van der Waals surface area contributed by atoms with Crippen LogP contribution < -0.4 is 5.32 Å². The van der Waals surface area contributed by atoms with Crippen LogP contribution >= 0.6 is 11.6 Å². The van der Waals surface area contributed by atoms with Crippen LogP contribution in [0.4, 0.5) is 0 Å². The highest BCUT2D eigenvalue weighted by atomic mass is 35.5. The van der Waals surface area contributed by atoms with Crippen LogP contribution in [-0.4, -0.2) is 38.0 Å². The number of hydrogen-bond donors (Lipinski definition) is 1. The first-order valence-corrected chi connectivity index (χ1v) is 10.6. The Morgan fingerprint density at radius 3 is 2.31 bits per heavy atom. The maximum Gasteiger partial charge on any atom is 0.221 e. The maximum atomic E-state index is 12.0. The summed E-state index contributed by atoms with van der Waals surface area (Å²) in [5, 5.41) is 3.50. The van der Waals surface area contributed by atoms with Crippen molar-refractivity contribution in [2.75, 3.05) is 19.3 Å². The average molecular weight is 395 g/mol. The molecule has 2 aromatic carbocycles. The van der Waals surface area contributed by atoms with Crippen molar-refractivity contribution < 1.29 is 13.2 Å². The highest BCUT2D eigenvalue weighted by Crippen LogP contribution is 2.10. The predicted molar refractivity (Wildman–Crippen MR) is 104 cm³/mol. The summed E-state index contributed by atoms with van der Waals surface area (Å²) in [6, 6.07) is 16.8. The monoisotopic (exact) mass is 394 g/mol. The smallest absolute Gasteiger partial charge is 0.221 e. The van der Waals surface area contributed by atoms with E-state index in [0.717, 1.165) is 17.4 Å². The van der Waals surface area contributed by atoms with Crippen molar-refractivity contribution in [3.63, 3.8) is 0 Å². The van der Waals surface area contributed by atoms with Gasteiger partial charge in [-0.15, -0.1) is 0 Å². The number of hydrogen-bond acceptors (Lipinski definition) is 3. The third kappa shape index (κ3) is 7.15. The third-order valence-corrected chi connectivity index (χ3v) is 5.41. The second-order valence-corrected chi connectivity index (χ2v) is 8.48. The third-order valence-electron chi connectivity index (χ3n) is 3.91. The Labute approximate surface area is 160 Å². The molecule has 0 aliphatic heterocycles. The highest BCUT2D eigenvalue weighted by Gasteiger charge is 2.18. The quantitative estimate of drug-likeness (QED) is 0.711. The van der Waals surface area contributed by atoms with E-state index in [1.54, 1.807) is 0 Å². The summed E-state index contributed by atoms with van der Waals surface area (Å²) in [7, 11) is -3.39. The largest absolute Gasteiger partial charge is 0.356 e. The van der Waals surface area contributed by atoms with Gasteiger partial charge in [-0.3, -0.25) is 4.79 Å². The minimum atomic E-state index is -3.39. The van der Waals surface area contributed by atoms with E-state index in [2.05, 4.69) is 5.32 Å². The van der Waals surface area contributed by atoms with Gasteiger partial charge in [0.25, 0.3) is 0 Å². The van der Waals surface area contributed by atoms with Crippen LogP contribution in [0.25, 0.3) is 0 Å². The van der Waals surface area contributed by atoms with Crippen LogP contribution in [0.2, 0.25) is 5.02 Å². The lowest BCUT2D eigenvalue weighted by atomic mass is 10.1. The average Bonchev–Trinajstić information content (AvgIpc) is 2.60. The molecule has 0 saturated heterocycles. The van der Waals surface area contributed by atoms with Crippen LogP contribution in [0.15, 0.2) is 54.6 Å². The molecule has 26 heavy (non-hydrogen) atoms. The Hall–Kier alpha value is -1.89. The number of rotatable bonds is 9. The number of carbonyl (C=O) groups excluding carboxylic acids is 1. The standard InChI is InChI=1S/C19H23ClN2O3S/c1-26(24,25)22(15-17-5-3-2-4-6-17)14-12-19(23)21-13-11-16-7-9-18(20)10-8-16/h2-10H,11-15H2,1H3,(H,21,23). The van der Waals surface area contributed by atoms with Gasteiger partial charge in [-0.1, -0.05) is 54.1 Å². The molecule has 0 aliphatic carbocycles. The lowest BCUT2D eigenvalue weighted by molar-refractivity contribution is -0.121. The fourth-order valence-electron chi connectivity index (χ4n) is 2.46. The van der Waals surface area contributed by atoms with Gasteiger partial charge in [0.2, 0.25) is 15.9 Å². The molecule has 7 heteroatoms. The van der Waals surface area contributed by atoms with Crippen LogP contribution in [0.5, 0.6) is 0 Å². The summed E-state index contributed by atoms with van der Waals surface area (Å²) >= 11 is 5.84. The number of carbonyl (C=O) groups is 1. The van der Waals surface area contributed by atoms with E-state index in [1.165, 1.54) is 4.31 Å². The predicted octanol–water partition coefficient (Wildman–Crippen LogP) is 2.85. The molecule has 0 saturated carbocycles. The molecule has 0 spiro atoms. The molecule has 140 valence electrons. The molecule has 0 unspecified atom stereocenters. The molecule has 0 radical (unpaired) electrons. The molecular weight excluding hydrogens is 372 g/mol. The molecular formula is C19H23ClN2O3S. The summed E-state index contributed by atoms with van der Waals surface area (Å²) in [6.45, 7) is 0.913. The van der Waals surface area contributed by atoms with Crippen LogP contribution in [-0.2, 0) is 27.8 Å². The fraction of sp³-hybridized carbons (Fsp3) is 0.316. The van der Waals surface area contributed by atoms with Gasteiger partial charge in [-0.05, 0) is 29.7 Å². The molecule has 0 atom stereocenters. The van der Waals surface area contributed by atoms with Crippen LogP contribution in [0, 0.1) is 0 Å². The zero-order chi connectivity index (χ0) is 19.0. The molecule has 0 aromatic heterocycles. The lowest BCUT2D eigenvalue weighted by Gasteiger charge is -2.19. The van der Waals surface area contributed by atoms with Gasteiger partial charge in [0.15, 0.2) is 0 Å². The lowest BCUT2D eigenvalue weighted by Crippen LogP contribution is -2.34. The van der Waals surface area contributed by atoms with E-state index in [0.29, 0.717) is 18.0 Å². The number of sulfonamides is 1. The second-order valence-electron chi connectivity index (χ2n) is 6.06. The molecule has 2 aromatic rings. The number of halogens is 1. The van der Waals surface area contributed by atoms with Gasteiger partial charge in [-0.2, -0.15) is 4.31 Å². The molecule has 0 bridgehead atoms. The molecule has 0 heterocycles. The zero-order valence-electron chi connectivity index (χ0n) is 14.7. The van der Waals surface area contributed by atoms with Crippen molar-refractivity contribution in [3.8, 4) is 0 Å². The summed E-state index contributed by atoms with van der Waals surface area (Å²) < 4.78 is 25.2. The molecule has 0 aliphatic rings. The highest BCUT2D eigenvalue weighted by molar-refractivity contribution is 7.88. The Morgan fingerprint density at radius 2 is 1.69 bits per heavy atom. The van der Waals surface area contributed by atoms with Gasteiger partial charge in [0.1, 0.15) is 0 Å². The minimum Gasteiger partial charge on any atom is -0.356 e. The van der Waals surface area contributed by atoms with E-state index in [1.807, 2.05) is 54.6 Å². The normalized spacial score (nSPS) is 11.5. The van der Waals surface area contributed by atoms with E-state index >= 15 is 0 Å². The van der Waals surface area contributed by atoms with Gasteiger partial charge in [0, 0.05) is 31.1 Å². The summed E-state index contributed by atoms with van der Waals surface area (Å²) in [4.78, 5) is 12.0.